The number of aliphatic hydroxyl groups excluding tert-OH is 1. The fourth-order valence-electron chi connectivity index (χ4n) is 3.28. The second kappa shape index (κ2) is 7.36. The summed E-state index contributed by atoms with van der Waals surface area (Å²) in [6.45, 7) is 4.90. The summed E-state index contributed by atoms with van der Waals surface area (Å²) in [5.41, 5.74) is 7.59. The van der Waals surface area contributed by atoms with E-state index in [1.165, 1.54) is 5.56 Å². The number of aliphatic hydroxyl groups is 1. The Morgan fingerprint density at radius 1 is 1.33 bits per heavy atom. The molecule has 4 atom stereocenters. The molecule has 4 nitrogen and oxygen atoms in total. The molecule has 0 aromatic heterocycles. The van der Waals surface area contributed by atoms with E-state index in [1.54, 1.807) is 0 Å². The molecule has 1 aromatic rings. The van der Waals surface area contributed by atoms with Gasteiger partial charge in [-0.15, -0.1) is 0 Å². The fraction of sp³-hybridized carbons (Fsp3) is 0.647. The lowest BCUT2D eigenvalue weighted by Gasteiger charge is -2.31. The van der Waals surface area contributed by atoms with E-state index in [9.17, 15) is 5.11 Å². The molecule has 0 aliphatic carbocycles. The SMILES string of the molecule is CC(CN1CC(O)CC1CN(C)C)C(N)c1ccccc1. The Labute approximate surface area is 128 Å². The normalized spacial score (nSPS) is 26.2. The molecule has 1 aliphatic rings. The maximum Gasteiger partial charge on any atom is 0.0682 e. The van der Waals surface area contributed by atoms with Gasteiger partial charge in [-0.05, 0) is 32.0 Å². The van der Waals surface area contributed by atoms with Crippen LogP contribution in [0.4, 0.5) is 0 Å². The molecule has 0 bridgehead atoms. The van der Waals surface area contributed by atoms with Crippen LogP contribution in [0.3, 0.4) is 0 Å². The highest BCUT2D eigenvalue weighted by Crippen LogP contribution is 2.25. The van der Waals surface area contributed by atoms with E-state index in [0.717, 1.165) is 26.1 Å². The van der Waals surface area contributed by atoms with Crippen LogP contribution in [-0.2, 0) is 0 Å². The van der Waals surface area contributed by atoms with Crippen molar-refractivity contribution in [3.8, 4) is 0 Å². The lowest BCUT2D eigenvalue weighted by Crippen LogP contribution is -2.41. The van der Waals surface area contributed by atoms with Crippen LogP contribution in [0.2, 0.25) is 0 Å². The summed E-state index contributed by atoms with van der Waals surface area (Å²) in [5.74, 6) is 0.363. The Hall–Kier alpha value is -0.940. The number of hydrogen-bond acceptors (Lipinski definition) is 4. The van der Waals surface area contributed by atoms with Crippen molar-refractivity contribution < 1.29 is 5.11 Å². The molecule has 118 valence electrons. The third-order valence-corrected chi connectivity index (χ3v) is 4.40. The Morgan fingerprint density at radius 3 is 2.62 bits per heavy atom. The smallest absolute Gasteiger partial charge is 0.0682 e. The van der Waals surface area contributed by atoms with E-state index in [0.29, 0.717) is 12.0 Å². The van der Waals surface area contributed by atoms with Gasteiger partial charge >= 0.3 is 0 Å². The van der Waals surface area contributed by atoms with Crippen molar-refractivity contribution in [2.45, 2.75) is 31.5 Å². The number of likely N-dealkylation sites (tertiary alicyclic amines) is 1. The zero-order valence-electron chi connectivity index (χ0n) is 13.4. The lowest BCUT2D eigenvalue weighted by molar-refractivity contribution is 0.156. The van der Waals surface area contributed by atoms with Crippen LogP contribution in [0.25, 0.3) is 0 Å². The number of benzene rings is 1. The van der Waals surface area contributed by atoms with E-state index in [2.05, 4.69) is 43.0 Å². The van der Waals surface area contributed by atoms with Crippen molar-refractivity contribution >= 4 is 0 Å². The number of hydrogen-bond donors (Lipinski definition) is 2. The van der Waals surface area contributed by atoms with Crippen molar-refractivity contribution in [2.75, 3.05) is 33.7 Å². The predicted molar refractivity (Wildman–Crippen MR) is 87.1 cm³/mol. The van der Waals surface area contributed by atoms with Gasteiger partial charge in [-0.1, -0.05) is 37.3 Å². The van der Waals surface area contributed by atoms with Crippen molar-refractivity contribution in [1.82, 2.24) is 9.80 Å². The molecule has 4 heteroatoms. The number of nitrogens with two attached hydrogens (primary N) is 1. The maximum absolute atomic E-state index is 9.96. The van der Waals surface area contributed by atoms with Gasteiger partial charge in [0, 0.05) is 31.7 Å². The summed E-state index contributed by atoms with van der Waals surface area (Å²) in [6.07, 6.45) is 0.668. The van der Waals surface area contributed by atoms with Gasteiger partial charge in [0.05, 0.1) is 6.10 Å². The zero-order chi connectivity index (χ0) is 15.4. The Morgan fingerprint density at radius 2 is 2.00 bits per heavy atom. The summed E-state index contributed by atoms with van der Waals surface area (Å²) in [4.78, 5) is 4.59. The first-order chi connectivity index (χ1) is 9.97. The van der Waals surface area contributed by atoms with Crippen LogP contribution >= 0.6 is 0 Å². The number of β-amino-alcohol motifs (C(OH)–C–C–N with tert-alkyl or cyclic N) is 1. The minimum absolute atomic E-state index is 0.0453. The highest BCUT2D eigenvalue weighted by Gasteiger charge is 2.32. The van der Waals surface area contributed by atoms with Crippen LogP contribution in [0.15, 0.2) is 30.3 Å². The quantitative estimate of drug-likeness (QED) is 0.830. The maximum atomic E-state index is 9.96. The molecule has 1 saturated heterocycles. The van der Waals surface area contributed by atoms with E-state index >= 15 is 0 Å². The summed E-state index contributed by atoms with van der Waals surface area (Å²) < 4.78 is 0. The first-order valence-electron chi connectivity index (χ1n) is 7.84. The molecule has 4 unspecified atom stereocenters. The van der Waals surface area contributed by atoms with E-state index in [1.807, 2.05) is 18.2 Å². The van der Waals surface area contributed by atoms with Crippen molar-refractivity contribution in [3.05, 3.63) is 35.9 Å². The standard InChI is InChI=1S/C17H29N3O/c1-13(17(18)14-7-5-4-6-8-14)10-20-12-16(21)9-15(20)11-19(2)3/h4-8,13,15-17,21H,9-12,18H2,1-3H3. The van der Waals surface area contributed by atoms with Gasteiger partial charge in [-0.25, -0.2) is 0 Å². The van der Waals surface area contributed by atoms with E-state index in [4.69, 9.17) is 5.73 Å². The van der Waals surface area contributed by atoms with Gasteiger partial charge in [-0.3, -0.25) is 4.90 Å². The fourth-order valence-corrected chi connectivity index (χ4v) is 3.28. The average Bonchev–Trinajstić information content (AvgIpc) is 2.77. The Balaban J connectivity index is 1.96. The van der Waals surface area contributed by atoms with Crippen molar-refractivity contribution in [2.24, 2.45) is 11.7 Å². The first-order valence-corrected chi connectivity index (χ1v) is 7.84. The average molecular weight is 291 g/mol. The minimum atomic E-state index is -0.199. The highest BCUT2D eigenvalue weighted by atomic mass is 16.3. The molecular weight excluding hydrogens is 262 g/mol. The third-order valence-electron chi connectivity index (χ3n) is 4.40. The van der Waals surface area contributed by atoms with Crippen LogP contribution in [-0.4, -0.2) is 60.8 Å². The van der Waals surface area contributed by atoms with Gasteiger partial charge in [-0.2, -0.15) is 0 Å². The summed E-state index contributed by atoms with van der Waals surface area (Å²) in [5, 5.41) is 9.96. The third kappa shape index (κ3) is 4.51. The topological polar surface area (TPSA) is 52.7 Å². The van der Waals surface area contributed by atoms with Crippen LogP contribution in [0, 0.1) is 5.92 Å². The van der Waals surface area contributed by atoms with Crippen LogP contribution in [0.5, 0.6) is 0 Å². The largest absolute Gasteiger partial charge is 0.392 e. The second-order valence-corrected chi connectivity index (χ2v) is 6.67. The molecule has 1 aromatic carbocycles. The lowest BCUT2D eigenvalue weighted by atomic mass is 9.94. The van der Waals surface area contributed by atoms with Crippen molar-refractivity contribution in [1.29, 1.82) is 0 Å². The molecule has 0 saturated carbocycles. The molecule has 1 fully saturated rings. The summed E-state index contributed by atoms with van der Waals surface area (Å²) >= 11 is 0. The zero-order valence-corrected chi connectivity index (χ0v) is 13.4. The molecule has 0 radical (unpaired) electrons. The van der Waals surface area contributed by atoms with Crippen molar-refractivity contribution in [3.63, 3.8) is 0 Å². The minimum Gasteiger partial charge on any atom is -0.392 e. The van der Waals surface area contributed by atoms with Crippen LogP contribution < -0.4 is 5.73 Å². The van der Waals surface area contributed by atoms with Gasteiger partial charge in [0.1, 0.15) is 0 Å². The van der Waals surface area contributed by atoms with E-state index in [-0.39, 0.29) is 12.1 Å². The Kier molecular flexibility index (Phi) is 5.76. The number of likely N-dealkylation sites (N-methyl/N-ethyl adjacent to an activating group) is 1. The predicted octanol–water partition coefficient (Wildman–Crippen LogP) is 1.32. The molecular formula is C17H29N3O. The molecule has 1 aliphatic heterocycles. The monoisotopic (exact) mass is 291 g/mol. The number of nitrogens with zero attached hydrogens (tertiary/aromatic N) is 2. The highest BCUT2D eigenvalue weighted by molar-refractivity contribution is 5.19. The van der Waals surface area contributed by atoms with E-state index < -0.39 is 0 Å². The first kappa shape index (κ1) is 16.4. The van der Waals surface area contributed by atoms with Crippen LogP contribution in [0.1, 0.15) is 24.9 Å². The van der Waals surface area contributed by atoms with Gasteiger partial charge in [0.2, 0.25) is 0 Å². The molecule has 1 heterocycles. The molecule has 2 rings (SSSR count). The molecule has 3 N–H and O–H groups in total. The van der Waals surface area contributed by atoms with Gasteiger partial charge < -0.3 is 15.7 Å². The summed E-state index contributed by atoms with van der Waals surface area (Å²) in [7, 11) is 4.17. The number of rotatable bonds is 6. The molecule has 0 amide bonds. The van der Waals surface area contributed by atoms with Gasteiger partial charge in [0.15, 0.2) is 0 Å². The summed E-state index contributed by atoms with van der Waals surface area (Å²) in [6, 6.07) is 10.8. The molecule has 21 heavy (non-hydrogen) atoms. The molecule has 0 spiro atoms. The second-order valence-electron chi connectivity index (χ2n) is 6.67. The Bertz CT molecular complexity index is 423. The van der Waals surface area contributed by atoms with Gasteiger partial charge in [0.25, 0.3) is 0 Å².